The van der Waals surface area contributed by atoms with Crippen LogP contribution in [0.1, 0.15) is 18.7 Å². The molecule has 138 valence electrons. The zero-order valence-corrected chi connectivity index (χ0v) is 13.6. The zero-order valence-electron chi connectivity index (χ0n) is 13.6. The van der Waals surface area contributed by atoms with Crippen LogP contribution in [-0.4, -0.2) is 60.7 Å². The van der Waals surface area contributed by atoms with Crippen LogP contribution >= 0.6 is 0 Å². The third kappa shape index (κ3) is 6.22. The van der Waals surface area contributed by atoms with Gasteiger partial charge in [-0.25, -0.2) is 0 Å². The van der Waals surface area contributed by atoms with Gasteiger partial charge in [0.2, 0.25) is 11.8 Å². The topological polar surface area (TPSA) is 83.6 Å². The number of rotatable bonds is 6. The highest BCUT2D eigenvalue weighted by molar-refractivity contribution is 5.86. The lowest BCUT2D eigenvalue weighted by molar-refractivity contribution is -0.153. The van der Waals surface area contributed by atoms with E-state index in [2.05, 4.69) is 20.4 Å². The van der Waals surface area contributed by atoms with Crippen LogP contribution in [0.15, 0.2) is 18.3 Å². The van der Waals surface area contributed by atoms with E-state index in [1.807, 2.05) is 0 Å². The van der Waals surface area contributed by atoms with E-state index in [1.165, 1.54) is 23.2 Å². The predicted octanol–water partition coefficient (Wildman–Crippen LogP) is 0.632. The largest absolute Gasteiger partial charge is 0.483 e. The van der Waals surface area contributed by atoms with E-state index >= 15 is 0 Å². The van der Waals surface area contributed by atoms with Gasteiger partial charge in [0.05, 0.1) is 31.0 Å². The minimum absolute atomic E-state index is 0.00832. The standard InChI is InChI=1S/C15H19F3N4O3/c1-10(21-13(23)8-22-5-4-19-7-14(22)24)12-3-2-11(6-20-12)25-9-15(16,17)18/h2-3,6,10,19H,4-5,7-9H2,1H3,(H,21,23). The first kappa shape index (κ1) is 19.0. The molecule has 2 N–H and O–H groups in total. The molecule has 1 aliphatic heterocycles. The average molecular weight is 360 g/mol. The summed E-state index contributed by atoms with van der Waals surface area (Å²) in [5.41, 5.74) is 0.472. The van der Waals surface area contributed by atoms with Crippen molar-refractivity contribution in [3.63, 3.8) is 0 Å². The molecule has 0 aliphatic carbocycles. The van der Waals surface area contributed by atoms with Gasteiger partial charge in [-0.05, 0) is 19.1 Å². The summed E-state index contributed by atoms with van der Waals surface area (Å²) in [6.45, 7) is 1.57. The molecular formula is C15H19F3N4O3. The van der Waals surface area contributed by atoms with Gasteiger partial charge < -0.3 is 20.3 Å². The number of aromatic nitrogens is 1. The molecule has 1 atom stereocenters. The molecule has 2 heterocycles. The van der Waals surface area contributed by atoms with Crippen LogP contribution in [0, 0.1) is 0 Å². The fraction of sp³-hybridized carbons (Fsp3) is 0.533. The van der Waals surface area contributed by atoms with Crippen LogP contribution < -0.4 is 15.4 Å². The summed E-state index contributed by atoms with van der Waals surface area (Å²) in [4.78, 5) is 29.1. The molecule has 1 saturated heterocycles. The number of halogens is 3. The molecule has 25 heavy (non-hydrogen) atoms. The van der Waals surface area contributed by atoms with E-state index in [0.717, 1.165) is 0 Å². The van der Waals surface area contributed by atoms with Gasteiger partial charge in [0.15, 0.2) is 6.61 Å². The number of carbonyl (C=O) groups is 2. The number of ether oxygens (including phenoxy) is 1. The van der Waals surface area contributed by atoms with Crippen LogP contribution in [0.2, 0.25) is 0 Å². The van der Waals surface area contributed by atoms with Crippen molar-refractivity contribution in [2.24, 2.45) is 0 Å². The van der Waals surface area contributed by atoms with E-state index in [9.17, 15) is 22.8 Å². The molecule has 0 radical (unpaired) electrons. The molecule has 1 aromatic heterocycles. The normalized spacial score (nSPS) is 16.5. The van der Waals surface area contributed by atoms with Gasteiger partial charge in [-0.2, -0.15) is 13.2 Å². The maximum atomic E-state index is 12.1. The highest BCUT2D eigenvalue weighted by Crippen LogP contribution is 2.19. The molecule has 1 fully saturated rings. The highest BCUT2D eigenvalue weighted by atomic mass is 19.4. The number of piperazine rings is 1. The van der Waals surface area contributed by atoms with Crippen molar-refractivity contribution in [1.29, 1.82) is 0 Å². The number of hydrogen-bond donors (Lipinski definition) is 2. The SMILES string of the molecule is CC(NC(=O)CN1CCNCC1=O)c1ccc(OCC(F)(F)F)cn1. The van der Waals surface area contributed by atoms with Crippen molar-refractivity contribution in [3.05, 3.63) is 24.0 Å². The maximum Gasteiger partial charge on any atom is 0.422 e. The predicted molar refractivity (Wildman–Crippen MR) is 81.8 cm³/mol. The third-order valence-electron chi connectivity index (χ3n) is 3.50. The molecule has 7 nitrogen and oxygen atoms in total. The summed E-state index contributed by atoms with van der Waals surface area (Å²) in [5.74, 6) is -0.480. The number of pyridine rings is 1. The summed E-state index contributed by atoms with van der Waals surface area (Å²) >= 11 is 0. The second-order valence-electron chi connectivity index (χ2n) is 5.60. The quantitative estimate of drug-likeness (QED) is 0.778. The molecule has 0 bridgehead atoms. The zero-order chi connectivity index (χ0) is 18.4. The van der Waals surface area contributed by atoms with Crippen molar-refractivity contribution in [2.45, 2.75) is 19.1 Å². The lowest BCUT2D eigenvalue weighted by Crippen LogP contribution is -2.51. The number of alkyl halides is 3. The van der Waals surface area contributed by atoms with E-state index < -0.39 is 18.8 Å². The number of carbonyl (C=O) groups excluding carboxylic acids is 2. The van der Waals surface area contributed by atoms with Gasteiger partial charge in [-0.1, -0.05) is 0 Å². The molecule has 0 saturated carbocycles. The van der Waals surface area contributed by atoms with E-state index in [-0.39, 0.29) is 30.7 Å². The first-order valence-corrected chi connectivity index (χ1v) is 7.68. The number of nitrogens with one attached hydrogen (secondary N) is 2. The lowest BCUT2D eigenvalue weighted by atomic mass is 10.2. The lowest BCUT2D eigenvalue weighted by Gasteiger charge is -2.27. The van der Waals surface area contributed by atoms with Gasteiger partial charge in [-0.15, -0.1) is 0 Å². The summed E-state index contributed by atoms with van der Waals surface area (Å²) in [6.07, 6.45) is -3.25. The van der Waals surface area contributed by atoms with Gasteiger partial charge in [0, 0.05) is 13.1 Å². The second-order valence-corrected chi connectivity index (χ2v) is 5.60. The minimum Gasteiger partial charge on any atom is -0.483 e. The third-order valence-corrected chi connectivity index (χ3v) is 3.50. The fourth-order valence-corrected chi connectivity index (χ4v) is 2.25. The maximum absolute atomic E-state index is 12.1. The Hall–Kier alpha value is -2.36. The Morgan fingerprint density at radius 1 is 1.48 bits per heavy atom. The van der Waals surface area contributed by atoms with Crippen molar-refractivity contribution < 1.29 is 27.5 Å². The van der Waals surface area contributed by atoms with E-state index in [1.54, 1.807) is 6.92 Å². The molecular weight excluding hydrogens is 341 g/mol. The van der Waals surface area contributed by atoms with Crippen LogP contribution in [0.3, 0.4) is 0 Å². The number of amides is 2. The molecule has 1 aromatic rings. The number of nitrogens with zero attached hydrogens (tertiary/aromatic N) is 2. The van der Waals surface area contributed by atoms with Crippen molar-refractivity contribution in [3.8, 4) is 5.75 Å². The van der Waals surface area contributed by atoms with Gasteiger partial charge >= 0.3 is 6.18 Å². The number of hydrogen-bond acceptors (Lipinski definition) is 5. The van der Waals surface area contributed by atoms with Gasteiger partial charge in [0.1, 0.15) is 5.75 Å². The van der Waals surface area contributed by atoms with Crippen LogP contribution in [0.5, 0.6) is 5.75 Å². The summed E-state index contributed by atoms with van der Waals surface area (Å²) in [5, 5.41) is 5.62. The van der Waals surface area contributed by atoms with Crippen molar-refractivity contribution in [2.75, 3.05) is 32.8 Å². The Balaban J connectivity index is 1.84. The Labute approximate surface area is 142 Å². The van der Waals surface area contributed by atoms with Crippen LogP contribution in [-0.2, 0) is 9.59 Å². The van der Waals surface area contributed by atoms with Crippen LogP contribution in [0.25, 0.3) is 0 Å². The first-order chi connectivity index (χ1) is 11.7. The molecule has 1 aliphatic rings. The monoisotopic (exact) mass is 360 g/mol. The van der Waals surface area contributed by atoms with Crippen molar-refractivity contribution >= 4 is 11.8 Å². The van der Waals surface area contributed by atoms with Crippen molar-refractivity contribution in [1.82, 2.24) is 20.5 Å². The second kappa shape index (κ2) is 8.15. The molecule has 0 spiro atoms. The molecule has 10 heteroatoms. The van der Waals surface area contributed by atoms with Gasteiger partial charge in [-0.3, -0.25) is 14.6 Å². The molecule has 2 amide bonds. The van der Waals surface area contributed by atoms with Crippen LogP contribution in [0.4, 0.5) is 13.2 Å². The van der Waals surface area contributed by atoms with E-state index in [0.29, 0.717) is 18.8 Å². The highest BCUT2D eigenvalue weighted by Gasteiger charge is 2.28. The summed E-state index contributed by atoms with van der Waals surface area (Å²) in [6, 6.07) is 2.38. The molecule has 1 unspecified atom stereocenters. The average Bonchev–Trinajstić information content (AvgIpc) is 2.55. The Morgan fingerprint density at radius 2 is 2.24 bits per heavy atom. The Bertz CT molecular complexity index is 607. The summed E-state index contributed by atoms with van der Waals surface area (Å²) < 4.78 is 40.8. The smallest absolute Gasteiger partial charge is 0.422 e. The summed E-state index contributed by atoms with van der Waals surface area (Å²) in [7, 11) is 0. The Kier molecular flexibility index (Phi) is 6.18. The van der Waals surface area contributed by atoms with Gasteiger partial charge in [0.25, 0.3) is 0 Å². The molecule has 2 rings (SSSR count). The van der Waals surface area contributed by atoms with E-state index in [4.69, 9.17) is 0 Å². The Morgan fingerprint density at radius 3 is 2.84 bits per heavy atom. The minimum atomic E-state index is -4.42. The fourth-order valence-electron chi connectivity index (χ4n) is 2.25. The molecule has 0 aromatic carbocycles. The first-order valence-electron chi connectivity index (χ1n) is 7.68.